The molecule has 0 saturated carbocycles. The number of benzene rings is 2. The van der Waals surface area contributed by atoms with Crippen LogP contribution in [0, 0.1) is 17.3 Å². The predicted octanol–water partition coefficient (Wildman–Crippen LogP) is 3.43. The average molecular weight is 371 g/mol. The summed E-state index contributed by atoms with van der Waals surface area (Å²) in [4.78, 5) is 6.22. The highest BCUT2D eigenvalue weighted by Gasteiger charge is 2.07. The van der Waals surface area contributed by atoms with Crippen LogP contribution in [0.3, 0.4) is 0 Å². The molecule has 140 valence electrons. The van der Waals surface area contributed by atoms with Gasteiger partial charge in [0.05, 0.1) is 12.2 Å². The molecular formula is C21H21N7. The van der Waals surface area contributed by atoms with Gasteiger partial charge in [-0.05, 0) is 50.5 Å². The summed E-state index contributed by atoms with van der Waals surface area (Å²) in [6.07, 6.45) is 1.71. The van der Waals surface area contributed by atoms with Crippen LogP contribution >= 0.6 is 0 Å². The Balaban J connectivity index is 1.97. The number of fused-ring (bicyclic) bond motifs is 1. The molecule has 0 radical (unpaired) electrons. The van der Waals surface area contributed by atoms with Crippen molar-refractivity contribution >= 4 is 33.8 Å². The fourth-order valence-corrected chi connectivity index (χ4v) is 2.51. The van der Waals surface area contributed by atoms with Gasteiger partial charge >= 0.3 is 0 Å². The number of pyridine rings is 1. The van der Waals surface area contributed by atoms with Crippen molar-refractivity contribution in [2.75, 3.05) is 26.4 Å². The number of aromatic nitrogens is 1. The van der Waals surface area contributed by atoms with Gasteiger partial charge in [0.15, 0.2) is 5.82 Å². The number of azo groups is 1. The first-order valence-electron chi connectivity index (χ1n) is 8.62. The highest BCUT2D eigenvalue weighted by Crippen LogP contribution is 2.32. The number of rotatable bonds is 4. The smallest absolute Gasteiger partial charge is 0.151 e. The zero-order valence-corrected chi connectivity index (χ0v) is 15.8. The highest BCUT2D eigenvalue weighted by atomic mass is 15.1. The summed E-state index contributed by atoms with van der Waals surface area (Å²) in [5, 5.41) is 17.8. The van der Waals surface area contributed by atoms with E-state index < -0.39 is 0 Å². The molecule has 3 rings (SSSR count). The lowest BCUT2D eigenvalue weighted by Gasteiger charge is -2.05. The molecule has 0 spiro atoms. The van der Waals surface area contributed by atoms with Gasteiger partial charge in [-0.2, -0.15) is 5.11 Å². The van der Waals surface area contributed by atoms with E-state index in [0.717, 1.165) is 16.3 Å². The van der Waals surface area contributed by atoms with Crippen molar-refractivity contribution in [3.8, 4) is 11.8 Å². The van der Waals surface area contributed by atoms with E-state index in [0.29, 0.717) is 29.3 Å². The van der Waals surface area contributed by atoms with Gasteiger partial charge in [-0.15, -0.1) is 5.11 Å². The number of nitrogen functional groups attached to an aromatic ring is 2. The van der Waals surface area contributed by atoms with Crippen molar-refractivity contribution in [2.45, 2.75) is 0 Å². The molecule has 3 aromatic rings. The fraction of sp³-hybridized carbons (Fsp3) is 0.143. The first kappa shape index (κ1) is 19.0. The number of nitrogens with one attached hydrogen (secondary N) is 1. The maximum atomic E-state index is 7.44. The molecule has 1 heterocycles. The maximum Gasteiger partial charge on any atom is 0.151 e. The molecule has 0 amide bonds. The number of nitrogens with two attached hydrogens (primary N) is 2. The third-order valence-electron chi connectivity index (χ3n) is 3.97. The van der Waals surface area contributed by atoms with Gasteiger partial charge in [0.1, 0.15) is 11.5 Å². The van der Waals surface area contributed by atoms with Crippen LogP contribution in [-0.4, -0.2) is 36.4 Å². The Morgan fingerprint density at radius 3 is 2.57 bits per heavy atom. The molecule has 0 fully saturated rings. The standard InChI is InChI=1S/C21H21N7/c1-28(2)11-3-4-14-5-6-16-13-25-21(24)19(18(16)12-14)27-26-17-9-7-15(8-10-17)20(22)23/h5-10,12-13H,11H2,1-2H3,(H3,22,23)(H2,24,25)/b27-26+. The third kappa shape index (κ3) is 4.50. The molecule has 7 nitrogen and oxygen atoms in total. The first-order valence-corrected chi connectivity index (χ1v) is 8.62. The Bertz CT molecular complexity index is 1100. The predicted molar refractivity (Wildman–Crippen MR) is 113 cm³/mol. The van der Waals surface area contributed by atoms with Crippen molar-refractivity contribution in [1.29, 1.82) is 5.41 Å². The SMILES string of the molecule is CN(C)CC#Cc1ccc2cnc(N)c(/N=N/c3ccc(C(=N)N)cc3)c2c1. The lowest BCUT2D eigenvalue weighted by molar-refractivity contribution is 0.464. The summed E-state index contributed by atoms with van der Waals surface area (Å²) in [5.41, 5.74) is 14.2. The van der Waals surface area contributed by atoms with Gasteiger partial charge in [-0.25, -0.2) is 4.98 Å². The minimum absolute atomic E-state index is 0.00823. The van der Waals surface area contributed by atoms with Gasteiger partial charge < -0.3 is 11.5 Å². The average Bonchev–Trinajstić information content (AvgIpc) is 2.67. The lowest BCUT2D eigenvalue weighted by Crippen LogP contribution is -2.10. The second-order valence-electron chi connectivity index (χ2n) is 6.49. The topological polar surface area (TPSA) is 117 Å². The van der Waals surface area contributed by atoms with Gasteiger partial charge in [0, 0.05) is 28.1 Å². The van der Waals surface area contributed by atoms with Crippen molar-refractivity contribution in [3.63, 3.8) is 0 Å². The molecule has 2 aromatic carbocycles. The second-order valence-corrected chi connectivity index (χ2v) is 6.49. The van der Waals surface area contributed by atoms with Crippen LogP contribution in [0.4, 0.5) is 17.2 Å². The molecule has 0 aliphatic carbocycles. The van der Waals surface area contributed by atoms with Gasteiger partial charge in [-0.3, -0.25) is 10.3 Å². The third-order valence-corrected chi connectivity index (χ3v) is 3.97. The first-order chi connectivity index (χ1) is 13.4. The van der Waals surface area contributed by atoms with E-state index >= 15 is 0 Å². The van der Waals surface area contributed by atoms with E-state index in [4.69, 9.17) is 16.9 Å². The van der Waals surface area contributed by atoms with Crippen molar-refractivity contribution in [1.82, 2.24) is 9.88 Å². The Hall–Kier alpha value is -3.76. The minimum atomic E-state index is 0.00823. The van der Waals surface area contributed by atoms with E-state index in [1.54, 1.807) is 30.5 Å². The van der Waals surface area contributed by atoms with E-state index in [-0.39, 0.29) is 5.84 Å². The van der Waals surface area contributed by atoms with E-state index in [1.807, 2.05) is 37.2 Å². The van der Waals surface area contributed by atoms with E-state index in [2.05, 4.69) is 27.1 Å². The lowest BCUT2D eigenvalue weighted by atomic mass is 10.1. The molecular weight excluding hydrogens is 350 g/mol. The normalized spacial score (nSPS) is 11.0. The van der Waals surface area contributed by atoms with Gasteiger partial charge in [0.2, 0.25) is 0 Å². The van der Waals surface area contributed by atoms with Gasteiger partial charge in [0.25, 0.3) is 0 Å². The number of hydrogen-bond donors (Lipinski definition) is 3. The van der Waals surface area contributed by atoms with Crippen LogP contribution in [0.15, 0.2) is 58.9 Å². The number of amidine groups is 1. The number of anilines is 1. The summed E-state index contributed by atoms with van der Waals surface area (Å²) in [6.45, 7) is 0.680. The zero-order chi connectivity index (χ0) is 20.1. The van der Waals surface area contributed by atoms with Crippen LogP contribution in [0.5, 0.6) is 0 Å². The summed E-state index contributed by atoms with van der Waals surface area (Å²) in [5.74, 6) is 6.58. The summed E-state index contributed by atoms with van der Waals surface area (Å²) in [6, 6.07) is 12.8. The van der Waals surface area contributed by atoms with Crippen molar-refractivity contribution < 1.29 is 0 Å². The molecule has 5 N–H and O–H groups in total. The zero-order valence-electron chi connectivity index (χ0n) is 15.8. The minimum Gasteiger partial charge on any atom is -0.384 e. The quantitative estimate of drug-likeness (QED) is 0.282. The molecule has 7 heteroatoms. The van der Waals surface area contributed by atoms with Crippen LogP contribution in [-0.2, 0) is 0 Å². The molecule has 0 aliphatic rings. The molecule has 0 bridgehead atoms. The molecule has 0 unspecified atom stereocenters. The molecule has 0 aliphatic heterocycles. The van der Waals surface area contributed by atoms with E-state index in [9.17, 15) is 0 Å². The Kier molecular flexibility index (Phi) is 5.63. The molecule has 28 heavy (non-hydrogen) atoms. The highest BCUT2D eigenvalue weighted by molar-refractivity contribution is 5.97. The monoisotopic (exact) mass is 371 g/mol. The Morgan fingerprint density at radius 2 is 1.89 bits per heavy atom. The molecule has 1 aromatic heterocycles. The number of nitrogens with zero attached hydrogens (tertiary/aromatic N) is 4. The van der Waals surface area contributed by atoms with E-state index in [1.165, 1.54) is 0 Å². The molecule has 0 saturated heterocycles. The Morgan fingerprint density at radius 1 is 1.14 bits per heavy atom. The largest absolute Gasteiger partial charge is 0.384 e. The Labute approximate surface area is 163 Å². The van der Waals surface area contributed by atoms with Crippen LogP contribution in [0.1, 0.15) is 11.1 Å². The summed E-state index contributed by atoms with van der Waals surface area (Å²) < 4.78 is 0. The van der Waals surface area contributed by atoms with Crippen LogP contribution < -0.4 is 11.5 Å². The summed E-state index contributed by atoms with van der Waals surface area (Å²) in [7, 11) is 3.95. The van der Waals surface area contributed by atoms with Crippen molar-refractivity contribution in [2.24, 2.45) is 16.0 Å². The second kappa shape index (κ2) is 8.29. The van der Waals surface area contributed by atoms with Crippen LogP contribution in [0.25, 0.3) is 10.8 Å². The van der Waals surface area contributed by atoms with Crippen molar-refractivity contribution in [3.05, 3.63) is 59.8 Å². The van der Waals surface area contributed by atoms with Crippen LogP contribution in [0.2, 0.25) is 0 Å². The molecule has 0 atom stereocenters. The van der Waals surface area contributed by atoms with Gasteiger partial charge in [-0.1, -0.05) is 17.9 Å². The number of hydrogen-bond acceptors (Lipinski definition) is 6. The maximum absolute atomic E-state index is 7.44. The fourth-order valence-electron chi connectivity index (χ4n) is 2.51. The summed E-state index contributed by atoms with van der Waals surface area (Å²) >= 11 is 0.